The first-order chi connectivity index (χ1) is 16.3. The molecule has 0 unspecified atom stereocenters. The molecule has 1 heterocycles. The molecule has 10 heteroatoms. The van der Waals surface area contributed by atoms with Crippen LogP contribution in [0.2, 0.25) is 5.02 Å². The first kappa shape index (κ1) is 25.0. The highest BCUT2D eigenvalue weighted by atomic mass is 127. The van der Waals surface area contributed by atoms with Crippen molar-refractivity contribution in [3.05, 3.63) is 94.4 Å². The number of carboxylic acid groups (broad SMARTS) is 1. The maximum Gasteiger partial charge on any atom is 0.335 e. The van der Waals surface area contributed by atoms with E-state index in [0.717, 1.165) is 24.0 Å². The van der Waals surface area contributed by atoms with Gasteiger partial charge in [0.15, 0.2) is 5.17 Å². The highest BCUT2D eigenvalue weighted by Crippen LogP contribution is 2.33. The summed E-state index contributed by atoms with van der Waals surface area (Å²) >= 11 is 11.7. The molecular formula is C24H15ClI2N2O4S. The Kier molecular flexibility index (Phi) is 8.17. The molecule has 0 radical (unpaired) electrons. The fourth-order valence-corrected chi connectivity index (χ4v) is 6.15. The number of benzene rings is 3. The lowest BCUT2D eigenvalue weighted by Crippen LogP contribution is -2.19. The number of ether oxygens (including phenoxy) is 1. The molecule has 0 spiro atoms. The predicted octanol–water partition coefficient (Wildman–Crippen LogP) is 6.72. The summed E-state index contributed by atoms with van der Waals surface area (Å²) in [6.07, 6.45) is 1.82. The van der Waals surface area contributed by atoms with Crippen molar-refractivity contribution >= 4 is 97.4 Å². The SMILES string of the molecule is O=C1NC(=Nc2cccc(Cl)c2)S/C1=C\c1cc(I)c(OCc2ccc(C(=O)O)cc2)c(I)c1. The number of aromatic carboxylic acids is 1. The largest absolute Gasteiger partial charge is 0.487 e. The second kappa shape index (κ2) is 11.1. The molecule has 2 N–H and O–H groups in total. The molecule has 172 valence electrons. The minimum Gasteiger partial charge on any atom is -0.487 e. The topological polar surface area (TPSA) is 88.0 Å². The number of carbonyl (C=O) groups excluding carboxylic acids is 1. The molecule has 1 aliphatic rings. The van der Waals surface area contributed by atoms with Gasteiger partial charge in [-0.25, -0.2) is 9.79 Å². The summed E-state index contributed by atoms with van der Waals surface area (Å²) in [6.45, 7) is 0.313. The number of carbonyl (C=O) groups is 2. The Hall–Kier alpha value is -2.09. The maximum atomic E-state index is 12.4. The molecule has 1 saturated heterocycles. The maximum absolute atomic E-state index is 12.4. The van der Waals surface area contributed by atoms with Crippen molar-refractivity contribution in [2.75, 3.05) is 0 Å². The first-order valence-corrected chi connectivity index (χ1v) is 13.1. The molecule has 0 bridgehead atoms. The van der Waals surface area contributed by atoms with Crippen LogP contribution >= 0.6 is 68.5 Å². The number of nitrogens with one attached hydrogen (secondary N) is 1. The van der Waals surface area contributed by atoms with Gasteiger partial charge in [-0.2, -0.15) is 0 Å². The number of thioether (sulfide) groups is 1. The smallest absolute Gasteiger partial charge is 0.335 e. The molecule has 1 aliphatic heterocycles. The summed E-state index contributed by atoms with van der Waals surface area (Å²) in [7, 11) is 0. The fraction of sp³-hybridized carbons (Fsp3) is 0.0417. The Morgan fingerprint density at radius 2 is 1.82 bits per heavy atom. The van der Waals surface area contributed by atoms with Crippen LogP contribution in [0.3, 0.4) is 0 Å². The monoisotopic (exact) mass is 716 g/mol. The van der Waals surface area contributed by atoms with E-state index in [1.165, 1.54) is 11.8 Å². The lowest BCUT2D eigenvalue weighted by molar-refractivity contribution is -0.115. The number of hydrogen-bond acceptors (Lipinski definition) is 5. The molecule has 3 aromatic rings. The van der Waals surface area contributed by atoms with Crippen molar-refractivity contribution in [2.45, 2.75) is 6.61 Å². The Bertz CT molecular complexity index is 1320. The Morgan fingerprint density at radius 3 is 2.47 bits per heavy atom. The highest BCUT2D eigenvalue weighted by Gasteiger charge is 2.24. The third-order valence-corrected chi connectivity index (χ3v) is 7.34. The molecule has 4 rings (SSSR count). The lowest BCUT2D eigenvalue weighted by Gasteiger charge is -2.12. The second-order valence-electron chi connectivity index (χ2n) is 7.07. The van der Waals surface area contributed by atoms with Gasteiger partial charge in [-0.1, -0.05) is 29.8 Å². The number of nitrogens with zero attached hydrogens (tertiary/aromatic N) is 1. The number of halogens is 3. The molecule has 0 atom stereocenters. The standard InChI is InChI=1S/C24H15ClI2N2O4S/c25-16-2-1-3-17(11-16)28-24-29-22(30)20(34-24)10-14-8-18(26)21(19(27)9-14)33-12-13-4-6-15(7-5-13)23(31)32/h1-11H,12H2,(H,31,32)(H,28,29,30)/b20-10-. The zero-order valence-electron chi connectivity index (χ0n) is 17.2. The molecule has 0 aliphatic carbocycles. The van der Waals surface area contributed by atoms with Gasteiger partial charge >= 0.3 is 5.97 Å². The van der Waals surface area contributed by atoms with Crippen LogP contribution in [0.15, 0.2) is 70.6 Å². The molecule has 0 saturated carbocycles. The number of amides is 1. The predicted molar refractivity (Wildman–Crippen MR) is 152 cm³/mol. The molecule has 3 aromatic carbocycles. The van der Waals surface area contributed by atoms with Crippen LogP contribution in [0, 0.1) is 7.14 Å². The minimum absolute atomic E-state index is 0.207. The van der Waals surface area contributed by atoms with Gasteiger partial charge in [-0.15, -0.1) is 0 Å². The van der Waals surface area contributed by atoms with Crippen molar-refractivity contribution in [2.24, 2.45) is 4.99 Å². The molecule has 6 nitrogen and oxygen atoms in total. The summed E-state index contributed by atoms with van der Waals surface area (Å²) in [5, 5.41) is 12.9. The van der Waals surface area contributed by atoms with E-state index in [2.05, 4.69) is 55.5 Å². The molecule has 1 amide bonds. The van der Waals surface area contributed by atoms with Crippen LogP contribution in [0.5, 0.6) is 5.75 Å². The number of carboxylic acids is 1. The Labute approximate surface area is 232 Å². The molecule has 1 fully saturated rings. The summed E-state index contributed by atoms with van der Waals surface area (Å²) in [5.74, 6) is -0.434. The number of hydrogen-bond donors (Lipinski definition) is 2. The summed E-state index contributed by atoms with van der Waals surface area (Å²) < 4.78 is 7.79. The van der Waals surface area contributed by atoms with E-state index in [1.54, 1.807) is 42.5 Å². The number of amidine groups is 1. The first-order valence-electron chi connectivity index (χ1n) is 9.78. The zero-order chi connectivity index (χ0) is 24.2. The van der Waals surface area contributed by atoms with Gasteiger partial charge in [0.05, 0.1) is 23.3 Å². The van der Waals surface area contributed by atoms with Gasteiger partial charge in [0.1, 0.15) is 12.4 Å². The van der Waals surface area contributed by atoms with Crippen molar-refractivity contribution in [1.82, 2.24) is 5.32 Å². The van der Waals surface area contributed by atoms with Gasteiger partial charge in [-0.3, -0.25) is 4.79 Å². The second-order valence-corrected chi connectivity index (χ2v) is 10.9. The van der Waals surface area contributed by atoms with Crippen molar-refractivity contribution < 1.29 is 19.4 Å². The molecule has 34 heavy (non-hydrogen) atoms. The fourth-order valence-electron chi connectivity index (χ4n) is 2.99. The van der Waals surface area contributed by atoms with Crippen molar-refractivity contribution in [3.63, 3.8) is 0 Å². The van der Waals surface area contributed by atoms with Gasteiger partial charge in [-0.05, 0) is 117 Å². The summed E-state index contributed by atoms with van der Waals surface area (Å²) in [5.41, 5.74) is 2.64. The van der Waals surface area contributed by atoms with Crippen LogP contribution in [-0.2, 0) is 11.4 Å². The Balaban J connectivity index is 1.48. The van der Waals surface area contributed by atoms with E-state index in [0.29, 0.717) is 27.4 Å². The van der Waals surface area contributed by atoms with E-state index in [9.17, 15) is 9.59 Å². The highest BCUT2D eigenvalue weighted by molar-refractivity contribution is 14.1. The minimum atomic E-state index is -0.960. The normalized spacial score (nSPS) is 15.6. The van der Waals surface area contributed by atoms with E-state index in [4.69, 9.17) is 21.4 Å². The van der Waals surface area contributed by atoms with E-state index >= 15 is 0 Å². The lowest BCUT2D eigenvalue weighted by atomic mass is 10.1. The van der Waals surface area contributed by atoms with Gasteiger partial charge in [0.2, 0.25) is 0 Å². The van der Waals surface area contributed by atoms with Crippen LogP contribution in [0.25, 0.3) is 6.08 Å². The van der Waals surface area contributed by atoms with Crippen LogP contribution < -0.4 is 10.1 Å². The average molecular weight is 717 g/mol. The Morgan fingerprint density at radius 1 is 1.12 bits per heavy atom. The van der Waals surface area contributed by atoms with E-state index < -0.39 is 5.97 Å². The van der Waals surface area contributed by atoms with E-state index in [1.807, 2.05) is 24.3 Å². The van der Waals surface area contributed by atoms with Gasteiger partial charge in [0, 0.05) is 5.02 Å². The van der Waals surface area contributed by atoms with Crippen LogP contribution in [0.4, 0.5) is 5.69 Å². The molecular weight excluding hydrogens is 702 g/mol. The summed E-state index contributed by atoms with van der Waals surface area (Å²) in [6, 6.07) is 17.6. The van der Waals surface area contributed by atoms with Crippen molar-refractivity contribution in [3.8, 4) is 5.75 Å². The number of rotatable bonds is 6. The quantitative estimate of drug-likeness (QED) is 0.219. The zero-order valence-corrected chi connectivity index (χ0v) is 23.1. The third kappa shape index (κ3) is 6.32. The average Bonchev–Trinajstić information content (AvgIpc) is 3.11. The third-order valence-electron chi connectivity index (χ3n) is 4.59. The van der Waals surface area contributed by atoms with Gasteiger partial charge < -0.3 is 15.2 Å². The van der Waals surface area contributed by atoms with Crippen LogP contribution in [-0.4, -0.2) is 22.2 Å². The van der Waals surface area contributed by atoms with E-state index in [-0.39, 0.29) is 11.5 Å². The van der Waals surface area contributed by atoms with Crippen molar-refractivity contribution in [1.29, 1.82) is 0 Å². The van der Waals surface area contributed by atoms with Gasteiger partial charge in [0.25, 0.3) is 5.91 Å². The molecule has 0 aromatic heterocycles. The summed E-state index contributed by atoms with van der Waals surface area (Å²) in [4.78, 5) is 28.4. The number of aliphatic imine (C=N–C) groups is 1. The van der Waals surface area contributed by atoms with Crippen LogP contribution in [0.1, 0.15) is 21.5 Å².